The zero-order valence-corrected chi connectivity index (χ0v) is 17.1. The maximum absolute atomic E-state index is 12.7. The summed E-state index contributed by atoms with van der Waals surface area (Å²) in [4.78, 5) is 17.6. The zero-order chi connectivity index (χ0) is 19.2. The van der Waals surface area contributed by atoms with Crippen molar-refractivity contribution < 1.29 is 9.53 Å². The topological polar surface area (TPSA) is 44.8 Å². The van der Waals surface area contributed by atoms with E-state index >= 15 is 0 Å². The Labute approximate surface area is 169 Å². The predicted molar refractivity (Wildman–Crippen MR) is 112 cm³/mol. The number of nitrogens with zero attached hydrogens (tertiary/aromatic N) is 2. The molecule has 5 heteroatoms. The first-order valence-electron chi connectivity index (χ1n) is 11.2. The van der Waals surface area contributed by atoms with Crippen molar-refractivity contribution in [3.8, 4) is 0 Å². The van der Waals surface area contributed by atoms with Gasteiger partial charge in [-0.2, -0.15) is 0 Å². The molecule has 0 spiro atoms. The van der Waals surface area contributed by atoms with Crippen molar-refractivity contribution in [2.75, 3.05) is 44.7 Å². The Bertz CT molecular complexity index is 617. The van der Waals surface area contributed by atoms with Crippen molar-refractivity contribution in [1.82, 2.24) is 9.80 Å². The molecule has 1 amide bonds. The molecule has 154 valence electrons. The second-order valence-corrected chi connectivity index (χ2v) is 8.80. The molecule has 0 radical (unpaired) electrons. The lowest BCUT2D eigenvalue weighted by Gasteiger charge is -2.34. The number of hydrogen-bond acceptors (Lipinski definition) is 4. The van der Waals surface area contributed by atoms with Gasteiger partial charge in [0.05, 0.1) is 19.8 Å². The molecular weight excluding hydrogens is 350 g/mol. The van der Waals surface area contributed by atoms with Crippen LogP contribution < -0.4 is 5.32 Å². The maximum Gasteiger partial charge on any atom is 0.238 e. The van der Waals surface area contributed by atoms with Gasteiger partial charge in [0.15, 0.2) is 0 Å². The Morgan fingerprint density at radius 2 is 1.75 bits per heavy atom. The van der Waals surface area contributed by atoms with Crippen LogP contribution in [0.4, 0.5) is 5.69 Å². The second kappa shape index (κ2) is 9.86. The van der Waals surface area contributed by atoms with Gasteiger partial charge in [0.2, 0.25) is 5.91 Å². The van der Waals surface area contributed by atoms with Crippen LogP contribution in [0.3, 0.4) is 0 Å². The van der Waals surface area contributed by atoms with Gasteiger partial charge in [0.1, 0.15) is 0 Å². The molecule has 1 aromatic rings. The minimum atomic E-state index is 0.132. The van der Waals surface area contributed by atoms with Crippen LogP contribution in [0.25, 0.3) is 0 Å². The van der Waals surface area contributed by atoms with Crippen molar-refractivity contribution in [2.45, 2.75) is 57.5 Å². The van der Waals surface area contributed by atoms with Gasteiger partial charge in [-0.15, -0.1) is 0 Å². The largest absolute Gasteiger partial charge is 0.379 e. The molecule has 0 atom stereocenters. The van der Waals surface area contributed by atoms with E-state index in [-0.39, 0.29) is 5.91 Å². The van der Waals surface area contributed by atoms with E-state index in [0.717, 1.165) is 51.0 Å². The molecular formula is C23H35N3O2. The van der Waals surface area contributed by atoms with Crippen molar-refractivity contribution >= 4 is 11.6 Å². The number of anilines is 1. The number of morpholine rings is 1. The van der Waals surface area contributed by atoms with E-state index < -0.39 is 0 Å². The Balaban J connectivity index is 1.27. The standard InChI is InChI=1S/C23H35N3O2/c27-23(18-26(17-20-6-7-20)22-4-2-1-3-5-22)24-21-10-8-19(9-11-21)16-25-12-14-28-15-13-25/h8-11,20,22H,1-7,12-18H2,(H,24,27). The fourth-order valence-electron chi connectivity index (χ4n) is 4.52. The third-order valence-electron chi connectivity index (χ3n) is 6.37. The van der Waals surface area contributed by atoms with Gasteiger partial charge < -0.3 is 10.1 Å². The molecule has 2 saturated carbocycles. The SMILES string of the molecule is O=C(CN(CC1CC1)C1CCCCC1)Nc1ccc(CN2CCOCC2)cc1. The molecule has 0 unspecified atom stereocenters. The number of carbonyl (C=O) groups excluding carboxylic acids is 1. The molecule has 3 fully saturated rings. The molecule has 5 nitrogen and oxygen atoms in total. The van der Waals surface area contributed by atoms with Crippen LogP contribution in [0.5, 0.6) is 0 Å². The Kier molecular flexibility index (Phi) is 7.00. The first-order valence-corrected chi connectivity index (χ1v) is 11.2. The normalized spacial score (nSPS) is 21.8. The molecule has 0 bridgehead atoms. The zero-order valence-electron chi connectivity index (χ0n) is 17.1. The summed E-state index contributed by atoms with van der Waals surface area (Å²) in [5.74, 6) is 0.960. The highest BCUT2D eigenvalue weighted by molar-refractivity contribution is 5.92. The first kappa shape index (κ1) is 19.9. The van der Waals surface area contributed by atoms with Gasteiger partial charge in [-0.1, -0.05) is 31.4 Å². The summed E-state index contributed by atoms with van der Waals surface area (Å²) in [5.41, 5.74) is 2.20. The summed E-state index contributed by atoms with van der Waals surface area (Å²) in [7, 11) is 0. The Morgan fingerprint density at radius 3 is 2.43 bits per heavy atom. The lowest BCUT2D eigenvalue weighted by atomic mass is 9.94. The van der Waals surface area contributed by atoms with E-state index in [1.807, 2.05) is 12.1 Å². The summed E-state index contributed by atoms with van der Waals surface area (Å²) in [5, 5.41) is 3.12. The van der Waals surface area contributed by atoms with Crippen LogP contribution in [0.15, 0.2) is 24.3 Å². The van der Waals surface area contributed by atoms with E-state index in [1.54, 1.807) is 0 Å². The van der Waals surface area contributed by atoms with Crippen molar-refractivity contribution in [2.24, 2.45) is 5.92 Å². The summed E-state index contributed by atoms with van der Waals surface area (Å²) < 4.78 is 5.41. The van der Waals surface area contributed by atoms with Crippen LogP contribution in [0, 0.1) is 5.92 Å². The van der Waals surface area contributed by atoms with Crippen LogP contribution >= 0.6 is 0 Å². The van der Waals surface area contributed by atoms with Gasteiger partial charge >= 0.3 is 0 Å². The third kappa shape index (κ3) is 6.03. The van der Waals surface area contributed by atoms with Gasteiger partial charge in [-0.05, 0) is 49.3 Å². The van der Waals surface area contributed by atoms with Gasteiger partial charge in [0.25, 0.3) is 0 Å². The summed E-state index contributed by atoms with van der Waals surface area (Å²) >= 11 is 0. The molecule has 1 saturated heterocycles. The molecule has 2 aliphatic carbocycles. The number of amides is 1. The number of rotatable bonds is 8. The number of benzene rings is 1. The molecule has 3 aliphatic rings. The lowest BCUT2D eigenvalue weighted by Crippen LogP contribution is -2.43. The predicted octanol–water partition coefficient (Wildman–Crippen LogP) is 3.50. The van der Waals surface area contributed by atoms with Gasteiger partial charge in [-0.3, -0.25) is 14.6 Å². The third-order valence-corrected chi connectivity index (χ3v) is 6.37. The van der Waals surface area contributed by atoms with Crippen LogP contribution in [0.1, 0.15) is 50.5 Å². The minimum Gasteiger partial charge on any atom is -0.379 e. The number of carbonyl (C=O) groups is 1. The lowest BCUT2D eigenvalue weighted by molar-refractivity contribution is -0.118. The Hall–Kier alpha value is -1.43. The van der Waals surface area contributed by atoms with Crippen molar-refractivity contribution in [1.29, 1.82) is 0 Å². The van der Waals surface area contributed by atoms with Gasteiger partial charge in [-0.25, -0.2) is 0 Å². The summed E-state index contributed by atoms with van der Waals surface area (Å²) in [6.45, 7) is 6.24. The quantitative estimate of drug-likeness (QED) is 0.744. The Morgan fingerprint density at radius 1 is 1.04 bits per heavy atom. The number of nitrogens with one attached hydrogen (secondary N) is 1. The molecule has 4 rings (SSSR count). The van der Waals surface area contributed by atoms with Crippen LogP contribution in [-0.2, 0) is 16.1 Å². The smallest absolute Gasteiger partial charge is 0.238 e. The highest BCUT2D eigenvalue weighted by atomic mass is 16.5. The molecule has 1 aliphatic heterocycles. The number of ether oxygens (including phenoxy) is 1. The highest BCUT2D eigenvalue weighted by Gasteiger charge is 2.30. The monoisotopic (exact) mass is 385 g/mol. The van der Waals surface area contributed by atoms with E-state index in [2.05, 4.69) is 27.2 Å². The van der Waals surface area contributed by atoms with Crippen LogP contribution in [-0.4, -0.2) is 61.1 Å². The molecule has 28 heavy (non-hydrogen) atoms. The van der Waals surface area contributed by atoms with Crippen molar-refractivity contribution in [3.63, 3.8) is 0 Å². The highest BCUT2D eigenvalue weighted by Crippen LogP contribution is 2.32. The van der Waals surface area contributed by atoms with E-state index in [9.17, 15) is 4.79 Å². The van der Waals surface area contributed by atoms with E-state index in [1.165, 1.54) is 50.5 Å². The molecule has 1 heterocycles. The van der Waals surface area contributed by atoms with E-state index in [0.29, 0.717) is 12.6 Å². The average Bonchev–Trinajstić information content (AvgIpc) is 3.55. The minimum absolute atomic E-state index is 0.132. The fraction of sp³-hybridized carbons (Fsp3) is 0.696. The summed E-state index contributed by atoms with van der Waals surface area (Å²) in [6.07, 6.45) is 9.20. The molecule has 1 aromatic carbocycles. The van der Waals surface area contributed by atoms with Gasteiger partial charge in [0, 0.05) is 37.9 Å². The first-order chi connectivity index (χ1) is 13.8. The maximum atomic E-state index is 12.7. The fourth-order valence-corrected chi connectivity index (χ4v) is 4.52. The molecule has 0 aromatic heterocycles. The average molecular weight is 386 g/mol. The second-order valence-electron chi connectivity index (χ2n) is 8.80. The van der Waals surface area contributed by atoms with Crippen molar-refractivity contribution in [3.05, 3.63) is 29.8 Å². The molecule has 1 N–H and O–H groups in total. The number of hydrogen-bond donors (Lipinski definition) is 1. The summed E-state index contributed by atoms with van der Waals surface area (Å²) in [6, 6.07) is 8.96. The van der Waals surface area contributed by atoms with Crippen LogP contribution in [0.2, 0.25) is 0 Å². The van der Waals surface area contributed by atoms with E-state index in [4.69, 9.17) is 4.74 Å².